The van der Waals surface area contributed by atoms with E-state index >= 15 is 0 Å². The van der Waals surface area contributed by atoms with Crippen molar-refractivity contribution < 1.29 is 32.2 Å². The molecule has 0 saturated carbocycles. The number of H-pyrrole nitrogens is 2. The number of aromatic nitrogens is 4. The number of carbonyl (C=O) groups excluding carboxylic acids is 2. The average Bonchev–Trinajstić information content (AvgIpc) is 3.55. The Balaban J connectivity index is 1.39. The van der Waals surface area contributed by atoms with Gasteiger partial charge in [0.2, 0.25) is 4.77 Å². The van der Waals surface area contributed by atoms with E-state index in [1.807, 2.05) is 37.3 Å². The predicted molar refractivity (Wildman–Crippen MR) is 140 cm³/mol. The number of rotatable bonds is 7. The van der Waals surface area contributed by atoms with Gasteiger partial charge >= 0.3 is 12.1 Å². The number of para-hydroxylation sites is 1. The van der Waals surface area contributed by atoms with Crippen LogP contribution in [-0.4, -0.2) is 57.3 Å². The lowest BCUT2D eigenvalue weighted by atomic mass is 10.0. The quantitative estimate of drug-likeness (QED) is 0.149. The van der Waals surface area contributed by atoms with Gasteiger partial charge in [0.15, 0.2) is 0 Å². The first-order valence-corrected chi connectivity index (χ1v) is 12.6. The highest BCUT2D eigenvalue weighted by Gasteiger charge is 2.42. The van der Waals surface area contributed by atoms with Crippen LogP contribution >= 0.6 is 12.2 Å². The normalized spacial score (nSPS) is 17.1. The third-order valence-electron chi connectivity index (χ3n) is 6.36. The van der Waals surface area contributed by atoms with E-state index < -0.39 is 29.8 Å². The third-order valence-corrected chi connectivity index (χ3v) is 6.55. The number of ether oxygens (including phenoxy) is 2. The number of hydrogen-bond acceptors (Lipinski definition) is 8. The van der Waals surface area contributed by atoms with E-state index in [0.717, 1.165) is 28.2 Å². The number of esters is 1. The van der Waals surface area contributed by atoms with Crippen LogP contribution in [0.15, 0.2) is 48.5 Å². The van der Waals surface area contributed by atoms with Crippen LogP contribution in [-0.2, 0) is 11.4 Å². The van der Waals surface area contributed by atoms with Crippen LogP contribution in [0.4, 0.5) is 13.2 Å². The lowest BCUT2D eigenvalue weighted by Crippen LogP contribution is -2.40. The minimum atomic E-state index is -5.27. The van der Waals surface area contributed by atoms with Crippen molar-refractivity contribution >= 4 is 35.0 Å². The minimum absolute atomic E-state index is 0.0580. The van der Waals surface area contributed by atoms with Gasteiger partial charge in [-0.3, -0.25) is 20.0 Å². The summed E-state index contributed by atoms with van der Waals surface area (Å²) in [5.41, 5.74) is 2.07. The van der Waals surface area contributed by atoms with Crippen LogP contribution < -0.4 is 20.1 Å². The number of benzene rings is 2. The van der Waals surface area contributed by atoms with E-state index in [4.69, 9.17) is 17.0 Å². The number of aryl methyl sites for hydroxylation is 1. The molecule has 1 amide bonds. The van der Waals surface area contributed by atoms with Gasteiger partial charge in [0, 0.05) is 35.8 Å². The number of pyridine rings is 1. The summed E-state index contributed by atoms with van der Waals surface area (Å²) in [4.78, 5) is 33.6. The van der Waals surface area contributed by atoms with Crippen LogP contribution in [0.25, 0.3) is 10.9 Å². The molecular formula is C26H23F3N6O4S. The fourth-order valence-corrected chi connectivity index (χ4v) is 4.67. The Hall–Kier alpha value is -4.30. The molecule has 1 saturated heterocycles. The topological polar surface area (TPSA) is 134 Å². The standard InChI is InChI=1S/C26H23F3N6O4S/c1-13-8-14(16-4-2-3-5-19(16)31-13)12-38-15-6-7-17(21(9-15)39-24(37)26(27,28)29)23(36)32-20-11-30-10-18(20)22-33-25(40)35-34-22/h2-9,18,20,30H,10-12H2,1H3,(H,32,36)(H2,33,34,35,40). The molecule has 2 atom stereocenters. The molecule has 1 fully saturated rings. The van der Waals surface area contributed by atoms with Crippen LogP contribution in [0.1, 0.15) is 33.4 Å². The maximum Gasteiger partial charge on any atom is 0.491 e. The number of nitrogens with one attached hydrogen (secondary N) is 4. The van der Waals surface area contributed by atoms with Gasteiger partial charge in [-0.05, 0) is 43.4 Å². The zero-order chi connectivity index (χ0) is 28.4. The van der Waals surface area contributed by atoms with Crippen molar-refractivity contribution in [2.24, 2.45) is 0 Å². The Bertz CT molecular complexity index is 1640. The van der Waals surface area contributed by atoms with Crippen LogP contribution in [0.3, 0.4) is 0 Å². The number of aromatic amines is 2. The first-order valence-electron chi connectivity index (χ1n) is 12.2. The van der Waals surface area contributed by atoms with E-state index in [2.05, 4.69) is 35.5 Å². The minimum Gasteiger partial charge on any atom is -0.489 e. The zero-order valence-electron chi connectivity index (χ0n) is 21.0. The monoisotopic (exact) mass is 572 g/mol. The molecule has 14 heteroatoms. The Morgan fingerprint density at radius 2 is 1.90 bits per heavy atom. The molecule has 1 aliphatic heterocycles. The van der Waals surface area contributed by atoms with Crippen LogP contribution in [0.2, 0.25) is 0 Å². The molecule has 4 aromatic rings. The first kappa shape index (κ1) is 27.3. The SMILES string of the molecule is Cc1cc(COc2ccc(C(=O)NC3CNCC3c3nc(=S)[nH][nH]3)c(OC(=O)C(F)(F)F)c2)c2ccccc2n1. The molecule has 0 aliphatic carbocycles. The number of halogens is 3. The number of nitrogens with zero attached hydrogens (tertiary/aromatic N) is 2. The molecule has 4 N–H and O–H groups in total. The zero-order valence-corrected chi connectivity index (χ0v) is 21.8. The molecule has 208 valence electrons. The lowest BCUT2D eigenvalue weighted by Gasteiger charge is -2.19. The number of carbonyl (C=O) groups is 2. The lowest BCUT2D eigenvalue weighted by molar-refractivity contribution is -0.189. The number of amides is 1. The van der Waals surface area contributed by atoms with Crippen molar-refractivity contribution in [3.8, 4) is 11.5 Å². The molecule has 2 unspecified atom stereocenters. The third kappa shape index (κ3) is 5.97. The van der Waals surface area contributed by atoms with Gasteiger partial charge < -0.3 is 20.1 Å². The summed E-state index contributed by atoms with van der Waals surface area (Å²) in [5.74, 6) is -3.44. The van der Waals surface area contributed by atoms with E-state index in [9.17, 15) is 22.8 Å². The smallest absolute Gasteiger partial charge is 0.489 e. The van der Waals surface area contributed by atoms with Gasteiger partial charge in [-0.1, -0.05) is 18.2 Å². The highest BCUT2D eigenvalue weighted by molar-refractivity contribution is 7.71. The van der Waals surface area contributed by atoms with Crippen molar-refractivity contribution in [2.75, 3.05) is 13.1 Å². The summed E-state index contributed by atoms with van der Waals surface area (Å²) in [6.45, 7) is 2.75. The van der Waals surface area contributed by atoms with Crippen LogP contribution in [0.5, 0.6) is 11.5 Å². The maximum atomic E-state index is 13.2. The Morgan fingerprint density at radius 1 is 1.10 bits per heavy atom. The van der Waals surface area contributed by atoms with E-state index in [-0.39, 0.29) is 28.6 Å². The summed E-state index contributed by atoms with van der Waals surface area (Å²) < 4.78 is 49.9. The first-order chi connectivity index (χ1) is 19.1. The summed E-state index contributed by atoms with van der Waals surface area (Å²) in [7, 11) is 0. The number of hydrogen-bond donors (Lipinski definition) is 4. The van der Waals surface area contributed by atoms with Gasteiger partial charge in [-0.25, -0.2) is 9.78 Å². The van der Waals surface area contributed by atoms with Gasteiger partial charge in [-0.15, -0.1) is 0 Å². The molecule has 2 aromatic heterocycles. The van der Waals surface area contributed by atoms with Crippen molar-refractivity contribution in [1.82, 2.24) is 30.8 Å². The Morgan fingerprint density at radius 3 is 2.65 bits per heavy atom. The van der Waals surface area contributed by atoms with Gasteiger partial charge in [0.05, 0.1) is 23.0 Å². The summed E-state index contributed by atoms with van der Waals surface area (Å²) in [5, 5.41) is 12.3. The molecular weight excluding hydrogens is 549 g/mol. The van der Waals surface area contributed by atoms with E-state index in [0.29, 0.717) is 18.9 Å². The van der Waals surface area contributed by atoms with Crippen molar-refractivity contribution in [1.29, 1.82) is 0 Å². The molecule has 0 radical (unpaired) electrons. The second-order valence-electron chi connectivity index (χ2n) is 9.17. The molecule has 10 nitrogen and oxygen atoms in total. The van der Waals surface area contributed by atoms with E-state index in [1.54, 1.807) is 0 Å². The molecule has 0 bridgehead atoms. The van der Waals surface area contributed by atoms with Crippen molar-refractivity contribution in [3.05, 3.63) is 75.9 Å². The highest BCUT2D eigenvalue weighted by Crippen LogP contribution is 2.30. The highest BCUT2D eigenvalue weighted by atomic mass is 32.1. The van der Waals surface area contributed by atoms with Gasteiger partial charge in [0.25, 0.3) is 5.91 Å². The number of alkyl halides is 3. The predicted octanol–water partition coefficient (Wildman–Crippen LogP) is 3.86. The Labute approximate surface area is 230 Å². The van der Waals surface area contributed by atoms with E-state index in [1.165, 1.54) is 12.1 Å². The van der Waals surface area contributed by atoms with Crippen molar-refractivity contribution in [2.45, 2.75) is 31.7 Å². The van der Waals surface area contributed by atoms with Gasteiger partial charge in [0.1, 0.15) is 23.9 Å². The fourth-order valence-electron chi connectivity index (χ4n) is 4.52. The summed E-state index contributed by atoms with van der Waals surface area (Å²) in [6, 6.07) is 12.6. The summed E-state index contributed by atoms with van der Waals surface area (Å²) in [6.07, 6.45) is -5.27. The second kappa shape index (κ2) is 11.1. The molecule has 3 heterocycles. The van der Waals surface area contributed by atoms with Crippen molar-refractivity contribution in [3.63, 3.8) is 0 Å². The fraction of sp³-hybridized carbons (Fsp3) is 0.269. The molecule has 5 rings (SSSR count). The van der Waals surface area contributed by atoms with Gasteiger partial charge in [-0.2, -0.15) is 13.2 Å². The van der Waals surface area contributed by atoms with Crippen LogP contribution in [0, 0.1) is 11.7 Å². The number of fused-ring (bicyclic) bond motifs is 1. The molecule has 0 spiro atoms. The molecule has 2 aromatic carbocycles. The summed E-state index contributed by atoms with van der Waals surface area (Å²) >= 11 is 4.99. The second-order valence-corrected chi connectivity index (χ2v) is 9.56. The molecule has 1 aliphatic rings. The largest absolute Gasteiger partial charge is 0.491 e. The Kier molecular flexibility index (Phi) is 7.54. The molecule has 40 heavy (non-hydrogen) atoms. The average molecular weight is 573 g/mol. The maximum absolute atomic E-state index is 13.2.